The molecule has 8 heteroatoms. The lowest BCUT2D eigenvalue weighted by Crippen LogP contribution is -2.58. The summed E-state index contributed by atoms with van der Waals surface area (Å²) in [4.78, 5) is 12.1. The SMILES string of the molecule is O=C(OC[C@H]1OC(O)[C@H](O)[C@@H](O)[C@@H]1O)c1ccc(OCc2ccccc2)cc1. The number of rotatable bonds is 6. The van der Waals surface area contributed by atoms with Gasteiger partial charge in [-0.3, -0.25) is 0 Å². The topological polar surface area (TPSA) is 126 Å². The molecule has 1 heterocycles. The van der Waals surface area contributed by atoms with Crippen molar-refractivity contribution < 1.29 is 39.4 Å². The number of aliphatic hydroxyl groups excluding tert-OH is 4. The molecule has 0 spiro atoms. The summed E-state index contributed by atoms with van der Waals surface area (Å²) in [5, 5.41) is 38.4. The van der Waals surface area contributed by atoms with Crippen LogP contribution in [0.5, 0.6) is 5.75 Å². The van der Waals surface area contributed by atoms with E-state index in [1.165, 1.54) is 12.1 Å². The first-order valence-electron chi connectivity index (χ1n) is 8.77. The molecule has 1 fully saturated rings. The van der Waals surface area contributed by atoms with E-state index in [2.05, 4.69) is 0 Å². The fraction of sp³-hybridized carbons (Fsp3) is 0.350. The van der Waals surface area contributed by atoms with E-state index in [0.717, 1.165) is 5.56 Å². The van der Waals surface area contributed by atoms with E-state index >= 15 is 0 Å². The fourth-order valence-electron chi connectivity index (χ4n) is 2.74. The Labute approximate surface area is 161 Å². The van der Waals surface area contributed by atoms with Gasteiger partial charge in [-0.05, 0) is 29.8 Å². The van der Waals surface area contributed by atoms with Gasteiger partial charge in [0.05, 0.1) is 5.56 Å². The van der Waals surface area contributed by atoms with Crippen LogP contribution in [-0.2, 0) is 16.1 Å². The van der Waals surface area contributed by atoms with Crippen LogP contribution in [0.25, 0.3) is 0 Å². The second kappa shape index (κ2) is 9.13. The molecule has 28 heavy (non-hydrogen) atoms. The third-order valence-electron chi connectivity index (χ3n) is 4.40. The Kier molecular flexibility index (Phi) is 6.61. The number of esters is 1. The van der Waals surface area contributed by atoms with Crippen molar-refractivity contribution in [1.29, 1.82) is 0 Å². The molecule has 2 aromatic carbocycles. The van der Waals surface area contributed by atoms with Crippen LogP contribution in [0.3, 0.4) is 0 Å². The highest BCUT2D eigenvalue weighted by molar-refractivity contribution is 5.89. The van der Waals surface area contributed by atoms with Crippen LogP contribution in [0.1, 0.15) is 15.9 Å². The molecular weight excluding hydrogens is 368 g/mol. The molecule has 0 amide bonds. The number of aliphatic hydroxyl groups is 4. The Morgan fingerprint density at radius 3 is 2.25 bits per heavy atom. The molecule has 0 radical (unpaired) electrons. The molecule has 1 aliphatic heterocycles. The highest BCUT2D eigenvalue weighted by Gasteiger charge is 2.43. The average molecular weight is 390 g/mol. The zero-order chi connectivity index (χ0) is 20.1. The quantitative estimate of drug-likeness (QED) is 0.516. The Bertz CT molecular complexity index is 764. The minimum atomic E-state index is -1.68. The molecule has 1 aliphatic rings. The van der Waals surface area contributed by atoms with Gasteiger partial charge in [-0.25, -0.2) is 4.79 Å². The lowest BCUT2D eigenvalue weighted by molar-refractivity contribution is -0.286. The van der Waals surface area contributed by atoms with Crippen LogP contribution < -0.4 is 4.74 Å². The van der Waals surface area contributed by atoms with Crippen molar-refractivity contribution >= 4 is 5.97 Å². The van der Waals surface area contributed by atoms with Crippen molar-refractivity contribution in [3.8, 4) is 5.75 Å². The highest BCUT2D eigenvalue weighted by Crippen LogP contribution is 2.21. The van der Waals surface area contributed by atoms with Crippen LogP contribution >= 0.6 is 0 Å². The van der Waals surface area contributed by atoms with Gasteiger partial charge in [-0.15, -0.1) is 0 Å². The molecule has 0 aliphatic carbocycles. The van der Waals surface area contributed by atoms with Crippen molar-refractivity contribution in [1.82, 2.24) is 0 Å². The first kappa shape index (κ1) is 20.2. The van der Waals surface area contributed by atoms with Gasteiger partial charge in [-0.2, -0.15) is 0 Å². The maximum atomic E-state index is 12.1. The minimum absolute atomic E-state index is 0.262. The smallest absolute Gasteiger partial charge is 0.338 e. The summed E-state index contributed by atoms with van der Waals surface area (Å²) in [5.74, 6) is -0.0767. The van der Waals surface area contributed by atoms with Crippen LogP contribution in [-0.4, -0.2) is 63.7 Å². The molecule has 1 saturated heterocycles. The molecule has 0 saturated carbocycles. The standard InChI is InChI=1S/C20H22O8/c21-16-15(28-20(25)18(23)17(16)22)11-27-19(24)13-6-8-14(9-7-13)26-10-12-4-2-1-3-5-12/h1-9,15-18,20-23,25H,10-11H2/t15-,16-,17+,18-,20?/m1/s1. The second-order valence-corrected chi connectivity index (χ2v) is 6.43. The van der Waals surface area contributed by atoms with Crippen LogP contribution in [0.15, 0.2) is 54.6 Å². The molecule has 0 bridgehead atoms. The molecule has 1 unspecified atom stereocenters. The van der Waals surface area contributed by atoms with Crippen molar-refractivity contribution in [2.24, 2.45) is 0 Å². The summed E-state index contributed by atoms with van der Waals surface area (Å²) in [6.45, 7) is 0.00510. The molecular formula is C20H22O8. The number of ether oxygens (including phenoxy) is 3. The predicted octanol–water partition coefficient (Wildman–Crippen LogP) is 0.222. The summed E-state index contributed by atoms with van der Waals surface area (Å²) in [7, 11) is 0. The maximum Gasteiger partial charge on any atom is 0.338 e. The Morgan fingerprint density at radius 2 is 1.57 bits per heavy atom. The van der Waals surface area contributed by atoms with Gasteiger partial charge in [0.15, 0.2) is 6.29 Å². The lowest BCUT2D eigenvalue weighted by atomic mass is 9.99. The van der Waals surface area contributed by atoms with E-state index in [1.54, 1.807) is 12.1 Å². The molecule has 5 atom stereocenters. The normalized spacial score (nSPS) is 27.2. The Balaban J connectivity index is 1.50. The fourth-order valence-corrected chi connectivity index (χ4v) is 2.74. The van der Waals surface area contributed by atoms with Gasteiger partial charge in [0, 0.05) is 0 Å². The largest absolute Gasteiger partial charge is 0.489 e. The minimum Gasteiger partial charge on any atom is -0.489 e. The van der Waals surface area contributed by atoms with Crippen LogP contribution in [0, 0.1) is 0 Å². The molecule has 2 aromatic rings. The van der Waals surface area contributed by atoms with Gasteiger partial charge in [0.25, 0.3) is 0 Å². The monoisotopic (exact) mass is 390 g/mol. The molecule has 0 aromatic heterocycles. The van der Waals surface area contributed by atoms with Gasteiger partial charge < -0.3 is 34.6 Å². The van der Waals surface area contributed by atoms with Crippen molar-refractivity contribution in [3.05, 3.63) is 65.7 Å². The van der Waals surface area contributed by atoms with E-state index in [1.807, 2.05) is 30.3 Å². The van der Waals surface area contributed by atoms with E-state index in [9.17, 15) is 25.2 Å². The van der Waals surface area contributed by atoms with E-state index in [-0.39, 0.29) is 5.56 Å². The van der Waals surface area contributed by atoms with Gasteiger partial charge in [0.2, 0.25) is 0 Å². The summed E-state index contributed by atoms with van der Waals surface area (Å²) >= 11 is 0. The lowest BCUT2D eigenvalue weighted by Gasteiger charge is -2.37. The number of carbonyl (C=O) groups is 1. The number of carbonyl (C=O) groups excluding carboxylic acids is 1. The van der Waals surface area contributed by atoms with Crippen LogP contribution in [0.4, 0.5) is 0 Å². The highest BCUT2D eigenvalue weighted by atomic mass is 16.6. The first-order chi connectivity index (χ1) is 13.5. The summed E-state index contributed by atoms with van der Waals surface area (Å²) in [6.07, 6.45) is -7.58. The van der Waals surface area contributed by atoms with Crippen molar-refractivity contribution in [2.75, 3.05) is 6.61 Å². The molecule has 8 nitrogen and oxygen atoms in total. The molecule has 3 rings (SSSR count). The number of hydrogen-bond acceptors (Lipinski definition) is 8. The van der Waals surface area contributed by atoms with Gasteiger partial charge in [0.1, 0.15) is 43.4 Å². The van der Waals surface area contributed by atoms with Gasteiger partial charge >= 0.3 is 5.97 Å². The van der Waals surface area contributed by atoms with Crippen molar-refractivity contribution in [2.45, 2.75) is 37.3 Å². The summed E-state index contributed by atoms with van der Waals surface area (Å²) in [6, 6.07) is 16.0. The third-order valence-corrected chi connectivity index (χ3v) is 4.40. The summed E-state index contributed by atoms with van der Waals surface area (Å²) in [5.41, 5.74) is 1.28. The van der Waals surface area contributed by atoms with Gasteiger partial charge in [-0.1, -0.05) is 30.3 Å². The summed E-state index contributed by atoms with van der Waals surface area (Å²) < 4.78 is 15.7. The Hall–Kier alpha value is -2.49. The average Bonchev–Trinajstić information content (AvgIpc) is 2.73. The van der Waals surface area contributed by atoms with E-state index < -0.39 is 43.3 Å². The second-order valence-electron chi connectivity index (χ2n) is 6.43. The third kappa shape index (κ3) is 4.86. The van der Waals surface area contributed by atoms with E-state index in [4.69, 9.17) is 14.2 Å². The maximum absolute atomic E-state index is 12.1. The Morgan fingerprint density at radius 1 is 0.893 bits per heavy atom. The zero-order valence-electron chi connectivity index (χ0n) is 14.9. The molecule has 4 N–H and O–H groups in total. The van der Waals surface area contributed by atoms with Crippen molar-refractivity contribution in [3.63, 3.8) is 0 Å². The number of hydrogen-bond donors (Lipinski definition) is 4. The van der Waals surface area contributed by atoms with E-state index in [0.29, 0.717) is 12.4 Å². The predicted molar refractivity (Wildman–Crippen MR) is 96.4 cm³/mol. The zero-order valence-corrected chi connectivity index (χ0v) is 14.9. The first-order valence-corrected chi connectivity index (χ1v) is 8.77. The number of benzene rings is 2. The molecule has 150 valence electrons. The van der Waals surface area contributed by atoms with Crippen LogP contribution in [0.2, 0.25) is 0 Å².